The van der Waals surface area contributed by atoms with E-state index < -0.39 is 6.48 Å². The van der Waals surface area contributed by atoms with Gasteiger partial charge in [0.15, 0.2) is 0 Å². The highest BCUT2D eigenvalue weighted by molar-refractivity contribution is 5.89. The Hall–Kier alpha value is -1.92. The molecule has 0 spiro atoms. The van der Waals surface area contributed by atoms with E-state index in [1.54, 1.807) is 24.3 Å². The molecule has 0 aromatic heterocycles. The third-order valence-corrected chi connectivity index (χ3v) is 3.94. The molecule has 1 saturated carbocycles. The number of hydrogen-bond donors (Lipinski definition) is 0. The van der Waals surface area contributed by atoms with Gasteiger partial charge >= 0.3 is 12.4 Å². The molecule has 1 aromatic rings. The summed E-state index contributed by atoms with van der Waals surface area (Å²) in [6, 6.07) is 6.62. The number of hydrogen-bond acceptors (Lipinski definition) is 6. The summed E-state index contributed by atoms with van der Waals surface area (Å²) in [7, 11) is 2.95. The van der Waals surface area contributed by atoms with Crippen molar-refractivity contribution in [2.24, 2.45) is 0 Å². The van der Waals surface area contributed by atoms with E-state index in [0.717, 1.165) is 25.7 Å². The van der Waals surface area contributed by atoms with Gasteiger partial charge in [-0.3, -0.25) is 4.79 Å². The molecular formula is C18H24O6. The molecule has 0 bridgehead atoms. The fourth-order valence-corrected chi connectivity index (χ4v) is 2.63. The van der Waals surface area contributed by atoms with E-state index in [1.807, 2.05) is 0 Å². The zero-order valence-electron chi connectivity index (χ0n) is 14.2. The molecule has 1 fully saturated rings. The highest BCUT2D eigenvalue weighted by Gasteiger charge is 2.19. The number of methoxy groups -OCH3 is 2. The summed E-state index contributed by atoms with van der Waals surface area (Å²) in [4.78, 5) is 23.6. The Labute approximate surface area is 142 Å². The van der Waals surface area contributed by atoms with Gasteiger partial charge < -0.3 is 18.9 Å². The lowest BCUT2D eigenvalue weighted by Crippen LogP contribution is -2.21. The third kappa shape index (κ3) is 5.62. The van der Waals surface area contributed by atoms with Crippen molar-refractivity contribution in [3.8, 4) is 5.75 Å². The molecule has 0 N–H and O–H groups in total. The summed E-state index contributed by atoms with van der Waals surface area (Å²) < 4.78 is 20.9. The molecule has 0 saturated heterocycles. The lowest BCUT2D eigenvalue weighted by Gasteiger charge is -2.20. The zero-order valence-corrected chi connectivity index (χ0v) is 14.2. The van der Waals surface area contributed by atoms with Crippen LogP contribution in [0.3, 0.4) is 0 Å². The highest BCUT2D eigenvalue weighted by atomic mass is 16.8. The summed E-state index contributed by atoms with van der Waals surface area (Å²) in [6.45, 7) is -0.791. The number of Topliss-reactive ketones (excluding diaryl/α,β-unsaturated/α-hetero) is 1. The van der Waals surface area contributed by atoms with E-state index in [-0.39, 0.29) is 12.1 Å². The van der Waals surface area contributed by atoms with Gasteiger partial charge in [-0.2, -0.15) is 0 Å². The van der Waals surface area contributed by atoms with Crippen molar-refractivity contribution in [2.45, 2.75) is 51.1 Å². The molecule has 0 atom stereocenters. The fourth-order valence-electron chi connectivity index (χ4n) is 2.63. The minimum absolute atomic E-state index is 0.118. The van der Waals surface area contributed by atoms with Crippen molar-refractivity contribution < 1.29 is 28.5 Å². The monoisotopic (exact) mass is 336 g/mol. The van der Waals surface area contributed by atoms with Gasteiger partial charge in [0, 0.05) is 27.1 Å². The van der Waals surface area contributed by atoms with E-state index in [1.165, 1.54) is 14.2 Å². The minimum atomic E-state index is -0.791. The van der Waals surface area contributed by atoms with Gasteiger partial charge in [0.25, 0.3) is 0 Å². The quantitative estimate of drug-likeness (QED) is 0.587. The molecule has 0 radical (unpaired) electrons. The number of ether oxygens (including phenoxy) is 4. The van der Waals surface area contributed by atoms with E-state index in [9.17, 15) is 9.59 Å². The molecule has 1 aromatic carbocycles. The average Bonchev–Trinajstić information content (AvgIpc) is 2.58. The highest BCUT2D eigenvalue weighted by Crippen LogP contribution is 2.20. The van der Waals surface area contributed by atoms with Crippen LogP contribution in [-0.4, -0.2) is 38.6 Å². The lowest BCUT2D eigenvalue weighted by molar-refractivity contribution is -0.219. The van der Waals surface area contributed by atoms with Crippen LogP contribution in [-0.2, 0) is 19.0 Å². The molecule has 6 nitrogen and oxygen atoms in total. The predicted octanol–water partition coefficient (Wildman–Crippen LogP) is 3.09. The maximum absolute atomic E-state index is 12.2. The average molecular weight is 336 g/mol. The van der Waals surface area contributed by atoms with Gasteiger partial charge in [0.1, 0.15) is 17.6 Å². The Bertz CT molecular complexity index is 523. The first-order chi connectivity index (χ1) is 11.6. The van der Waals surface area contributed by atoms with Crippen molar-refractivity contribution in [3.05, 3.63) is 29.8 Å². The number of rotatable bonds is 6. The van der Waals surface area contributed by atoms with Gasteiger partial charge in [-0.15, -0.1) is 0 Å². The number of esters is 1. The molecule has 2 rings (SSSR count). The van der Waals surface area contributed by atoms with Gasteiger partial charge in [0.2, 0.25) is 0 Å². The van der Waals surface area contributed by atoms with Crippen molar-refractivity contribution in [3.63, 3.8) is 0 Å². The number of carbonyl (C=O) groups is 2. The normalized spacial score (nSPS) is 16.5. The second-order valence-electron chi connectivity index (χ2n) is 5.75. The van der Waals surface area contributed by atoms with Crippen LogP contribution in [0.4, 0.5) is 0 Å². The van der Waals surface area contributed by atoms with Crippen LogP contribution >= 0.6 is 0 Å². The molecule has 0 aliphatic heterocycles. The molecule has 24 heavy (non-hydrogen) atoms. The zero-order chi connectivity index (χ0) is 17.4. The van der Waals surface area contributed by atoms with Crippen molar-refractivity contribution >= 4 is 11.8 Å². The van der Waals surface area contributed by atoms with Crippen LogP contribution in [0.1, 0.15) is 48.9 Å². The molecular weight excluding hydrogens is 312 g/mol. The van der Waals surface area contributed by atoms with Crippen molar-refractivity contribution in [1.82, 2.24) is 0 Å². The van der Waals surface area contributed by atoms with Crippen LogP contribution in [0.2, 0.25) is 0 Å². The standard InChI is InChI=1S/C18H24O6/c1-21-18(22-2)24-16-11-9-13(10-12-16)17(20)23-15-7-3-5-14(19)6-4-8-15/h9-12,15,18H,3-8H2,1-2H3. The summed E-state index contributed by atoms with van der Waals surface area (Å²) in [6.07, 6.45) is 4.08. The Morgan fingerprint density at radius 2 is 1.62 bits per heavy atom. The number of benzene rings is 1. The Morgan fingerprint density at radius 1 is 1.04 bits per heavy atom. The molecule has 0 amide bonds. The number of carbonyl (C=O) groups excluding carboxylic acids is 2. The summed E-state index contributed by atoms with van der Waals surface area (Å²) in [5, 5.41) is 0. The van der Waals surface area contributed by atoms with Gasteiger partial charge in [0.05, 0.1) is 5.56 Å². The van der Waals surface area contributed by atoms with Gasteiger partial charge in [-0.05, 0) is 49.9 Å². The summed E-state index contributed by atoms with van der Waals surface area (Å²) in [5.41, 5.74) is 0.465. The summed E-state index contributed by atoms with van der Waals surface area (Å²) in [5.74, 6) is 0.485. The van der Waals surface area contributed by atoms with Crippen molar-refractivity contribution in [2.75, 3.05) is 14.2 Å². The van der Waals surface area contributed by atoms with Gasteiger partial charge in [-0.25, -0.2) is 4.79 Å². The third-order valence-electron chi connectivity index (χ3n) is 3.94. The maximum atomic E-state index is 12.2. The van der Waals surface area contributed by atoms with E-state index in [4.69, 9.17) is 18.9 Å². The predicted molar refractivity (Wildman–Crippen MR) is 86.8 cm³/mol. The molecule has 0 heterocycles. The van der Waals surface area contributed by atoms with Crippen LogP contribution in [0.15, 0.2) is 24.3 Å². The summed E-state index contributed by atoms with van der Waals surface area (Å²) >= 11 is 0. The first-order valence-electron chi connectivity index (χ1n) is 8.17. The second kappa shape index (κ2) is 9.39. The number of ketones is 1. The minimum Gasteiger partial charge on any atom is -0.459 e. The first kappa shape index (κ1) is 18.4. The SMILES string of the molecule is COC(OC)Oc1ccc(C(=O)OC2CCCC(=O)CCC2)cc1. The fraction of sp³-hybridized carbons (Fsp3) is 0.556. The molecule has 132 valence electrons. The van der Waals surface area contributed by atoms with Gasteiger partial charge in [-0.1, -0.05) is 0 Å². The first-order valence-corrected chi connectivity index (χ1v) is 8.17. The van der Waals surface area contributed by atoms with E-state index >= 15 is 0 Å². The smallest absolute Gasteiger partial charge is 0.338 e. The Kier molecular flexibility index (Phi) is 7.21. The maximum Gasteiger partial charge on any atom is 0.338 e. The van der Waals surface area contributed by atoms with Crippen LogP contribution < -0.4 is 4.74 Å². The Morgan fingerprint density at radius 3 is 2.17 bits per heavy atom. The van der Waals surface area contributed by atoms with Crippen LogP contribution in [0, 0.1) is 0 Å². The second-order valence-corrected chi connectivity index (χ2v) is 5.75. The van der Waals surface area contributed by atoms with Crippen molar-refractivity contribution in [1.29, 1.82) is 0 Å². The Balaban J connectivity index is 1.88. The van der Waals surface area contributed by atoms with E-state index in [0.29, 0.717) is 29.9 Å². The molecule has 1 aliphatic rings. The van der Waals surface area contributed by atoms with Crippen LogP contribution in [0.25, 0.3) is 0 Å². The lowest BCUT2D eigenvalue weighted by atomic mass is 9.97. The molecule has 6 heteroatoms. The largest absolute Gasteiger partial charge is 0.459 e. The molecule has 0 unspecified atom stereocenters. The topological polar surface area (TPSA) is 71.1 Å². The van der Waals surface area contributed by atoms with Crippen LogP contribution in [0.5, 0.6) is 5.75 Å². The van der Waals surface area contributed by atoms with E-state index in [2.05, 4.69) is 0 Å². The molecule has 1 aliphatic carbocycles.